The number of sulfonamides is 1. The van der Waals surface area contributed by atoms with E-state index in [2.05, 4.69) is 35.1 Å². The number of nitrogens with zero attached hydrogens (tertiary/aromatic N) is 2. The zero-order valence-corrected chi connectivity index (χ0v) is 30.9. The van der Waals surface area contributed by atoms with Crippen LogP contribution in [0.25, 0.3) is 0 Å². The SMILES string of the molecule is Cc1ccc(S(=O)(=O)N(CC(=O)N(Cc2cccc(Br)c2)[C@H](Cc2ccccc2)C(=O)NC2CCCCC2)c2ccc(C(C)C)cc2)cc1. The first-order valence-corrected chi connectivity index (χ1v) is 19.3. The van der Waals surface area contributed by atoms with Gasteiger partial charge in [0.1, 0.15) is 12.6 Å². The van der Waals surface area contributed by atoms with Gasteiger partial charge in [0.05, 0.1) is 10.6 Å². The lowest BCUT2D eigenvalue weighted by Crippen LogP contribution is -2.55. The van der Waals surface area contributed by atoms with Crippen LogP contribution in [0.2, 0.25) is 0 Å². The number of benzene rings is 4. The molecule has 0 radical (unpaired) electrons. The molecule has 0 saturated heterocycles. The number of halogens is 1. The highest BCUT2D eigenvalue weighted by molar-refractivity contribution is 9.10. The van der Waals surface area contributed by atoms with E-state index in [9.17, 15) is 18.0 Å². The van der Waals surface area contributed by atoms with Gasteiger partial charge < -0.3 is 10.2 Å². The summed E-state index contributed by atoms with van der Waals surface area (Å²) in [4.78, 5) is 30.7. The van der Waals surface area contributed by atoms with Gasteiger partial charge in [-0.2, -0.15) is 0 Å². The van der Waals surface area contributed by atoms with Crippen molar-refractivity contribution in [2.75, 3.05) is 10.8 Å². The summed E-state index contributed by atoms with van der Waals surface area (Å²) in [6.07, 6.45) is 5.34. The summed E-state index contributed by atoms with van der Waals surface area (Å²) in [6.45, 7) is 5.69. The Hall–Kier alpha value is -3.95. The van der Waals surface area contributed by atoms with Crippen molar-refractivity contribution in [3.8, 4) is 0 Å². The average molecular weight is 745 g/mol. The Balaban J connectivity index is 1.57. The lowest BCUT2D eigenvalue weighted by molar-refractivity contribution is -0.140. The molecule has 0 unspecified atom stereocenters. The van der Waals surface area contributed by atoms with Gasteiger partial charge in [0.2, 0.25) is 11.8 Å². The Bertz CT molecular complexity index is 1810. The van der Waals surface area contributed by atoms with Gasteiger partial charge in [-0.1, -0.05) is 121 Å². The van der Waals surface area contributed by atoms with Crippen LogP contribution in [0.4, 0.5) is 5.69 Å². The highest BCUT2D eigenvalue weighted by Crippen LogP contribution is 2.28. The predicted molar refractivity (Wildman–Crippen MR) is 200 cm³/mol. The summed E-state index contributed by atoms with van der Waals surface area (Å²) in [6, 6.07) is 30.4. The molecule has 1 fully saturated rings. The van der Waals surface area contributed by atoms with Gasteiger partial charge in [0.15, 0.2) is 0 Å². The Morgan fingerprint density at radius 3 is 2.12 bits per heavy atom. The molecule has 4 aromatic rings. The second kappa shape index (κ2) is 16.6. The normalized spacial score (nSPS) is 14.3. The molecule has 7 nitrogen and oxygen atoms in total. The number of hydrogen-bond acceptors (Lipinski definition) is 4. The Morgan fingerprint density at radius 1 is 0.837 bits per heavy atom. The van der Waals surface area contributed by atoms with Crippen molar-refractivity contribution in [2.45, 2.75) is 88.7 Å². The topological polar surface area (TPSA) is 86.8 Å². The molecular weight excluding hydrogens is 698 g/mol. The minimum atomic E-state index is -4.16. The van der Waals surface area contributed by atoms with Crippen LogP contribution in [0, 0.1) is 6.92 Å². The van der Waals surface area contributed by atoms with Crippen LogP contribution in [0.15, 0.2) is 112 Å². The maximum Gasteiger partial charge on any atom is 0.264 e. The zero-order valence-electron chi connectivity index (χ0n) is 28.5. The molecule has 5 rings (SSSR count). The Morgan fingerprint density at radius 2 is 1.49 bits per heavy atom. The number of anilines is 1. The maximum atomic E-state index is 14.8. The van der Waals surface area contributed by atoms with E-state index in [1.54, 1.807) is 41.3 Å². The number of rotatable bonds is 13. The fourth-order valence-electron chi connectivity index (χ4n) is 6.32. The van der Waals surface area contributed by atoms with Crippen molar-refractivity contribution in [2.24, 2.45) is 0 Å². The number of carbonyl (C=O) groups excluding carboxylic acids is 2. The third kappa shape index (κ3) is 9.61. The van der Waals surface area contributed by atoms with Crippen molar-refractivity contribution in [1.82, 2.24) is 10.2 Å². The van der Waals surface area contributed by atoms with Gasteiger partial charge in [-0.05, 0) is 78.8 Å². The third-order valence-electron chi connectivity index (χ3n) is 9.20. The molecule has 0 bridgehead atoms. The third-order valence-corrected chi connectivity index (χ3v) is 11.5. The molecule has 1 aliphatic rings. The quantitative estimate of drug-likeness (QED) is 0.150. The van der Waals surface area contributed by atoms with E-state index < -0.39 is 28.5 Å². The molecule has 1 aliphatic carbocycles. The first-order chi connectivity index (χ1) is 23.5. The Kier molecular flexibility index (Phi) is 12.3. The Labute approximate surface area is 299 Å². The minimum Gasteiger partial charge on any atom is -0.352 e. The van der Waals surface area contributed by atoms with Crippen molar-refractivity contribution in [3.05, 3.63) is 130 Å². The van der Waals surface area contributed by atoms with Crippen LogP contribution in [-0.4, -0.2) is 43.8 Å². The van der Waals surface area contributed by atoms with Crippen LogP contribution >= 0.6 is 15.9 Å². The fourth-order valence-corrected chi connectivity index (χ4v) is 8.18. The first kappa shape index (κ1) is 36.3. The molecule has 1 saturated carbocycles. The molecule has 1 N–H and O–H groups in total. The zero-order chi connectivity index (χ0) is 35.0. The summed E-state index contributed by atoms with van der Waals surface area (Å²) in [5.74, 6) is -0.448. The number of hydrogen-bond donors (Lipinski definition) is 1. The predicted octanol–water partition coefficient (Wildman–Crippen LogP) is 8.17. The molecule has 1 atom stereocenters. The van der Waals surface area contributed by atoms with E-state index in [1.807, 2.05) is 73.7 Å². The maximum absolute atomic E-state index is 14.8. The van der Waals surface area contributed by atoms with Crippen LogP contribution in [0.3, 0.4) is 0 Å². The van der Waals surface area contributed by atoms with Crippen molar-refractivity contribution < 1.29 is 18.0 Å². The smallest absolute Gasteiger partial charge is 0.264 e. The van der Waals surface area contributed by atoms with Crippen LogP contribution in [-0.2, 0) is 32.6 Å². The number of carbonyl (C=O) groups is 2. The molecule has 9 heteroatoms. The van der Waals surface area contributed by atoms with Crippen LogP contribution in [0.1, 0.15) is 74.1 Å². The number of aryl methyl sites for hydroxylation is 1. The molecule has 0 spiro atoms. The van der Waals surface area contributed by atoms with Crippen molar-refractivity contribution in [1.29, 1.82) is 0 Å². The van der Waals surface area contributed by atoms with Crippen LogP contribution < -0.4 is 9.62 Å². The van der Waals surface area contributed by atoms with E-state index in [0.29, 0.717) is 5.69 Å². The lowest BCUT2D eigenvalue weighted by Gasteiger charge is -2.35. The highest BCUT2D eigenvalue weighted by Gasteiger charge is 2.35. The summed E-state index contributed by atoms with van der Waals surface area (Å²) in [5.41, 5.74) is 4.09. The first-order valence-electron chi connectivity index (χ1n) is 17.1. The van der Waals surface area contributed by atoms with E-state index in [0.717, 1.165) is 58.8 Å². The van der Waals surface area contributed by atoms with E-state index >= 15 is 0 Å². The van der Waals surface area contributed by atoms with Crippen LogP contribution in [0.5, 0.6) is 0 Å². The largest absolute Gasteiger partial charge is 0.352 e. The van der Waals surface area contributed by atoms with E-state index in [-0.39, 0.29) is 35.7 Å². The molecular formula is C40H46BrN3O4S. The molecule has 2 amide bonds. The minimum absolute atomic E-state index is 0.0419. The highest BCUT2D eigenvalue weighted by atomic mass is 79.9. The fraction of sp³-hybridized carbons (Fsp3) is 0.350. The molecule has 49 heavy (non-hydrogen) atoms. The molecule has 0 aromatic heterocycles. The molecule has 4 aromatic carbocycles. The second-order valence-corrected chi connectivity index (χ2v) is 16.0. The molecule has 258 valence electrons. The van der Waals surface area contributed by atoms with Crippen molar-refractivity contribution in [3.63, 3.8) is 0 Å². The van der Waals surface area contributed by atoms with Gasteiger partial charge in [-0.15, -0.1) is 0 Å². The van der Waals surface area contributed by atoms with Gasteiger partial charge in [0, 0.05) is 23.5 Å². The summed E-state index contributed by atoms with van der Waals surface area (Å²) < 4.78 is 30.7. The van der Waals surface area contributed by atoms with E-state index in [4.69, 9.17) is 0 Å². The van der Waals surface area contributed by atoms with Gasteiger partial charge >= 0.3 is 0 Å². The number of amides is 2. The van der Waals surface area contributed by atoms with Gasteiger partial charge in [-0.25, -0.2) is 8.42 Å². The molecule has 0 aliphatic heterocycles. The van der Waals surface area contributed by atoms with Gasteiger partial charge in [-0.3, -0.25) is 13.9 Å². The van der Waals surface area contributed by atoms with Crippen molar-refractivity contribution >= 4 is 43.5 Å². The summed E-state index contributed by atoms with van der Waals surface area (Å²) in [7, 11) is -4.16. The number of nitrogens with one attached hydrogen (secondary N) is 1. The van der Waals surface area contributed by atoms with E-state index in [1.165, 1.54) is 4.31 Å². The average Bonchev–Trinajstić information content (AvgIpc) is 3.09. The second-order valence-electron chi connectivity index (χ2n) is 13.3. The lowest BCUT2D eigenvalue weighted by atomic mass is 9.94. The summed E-state index contributed by atoms with van der Waals surface area (Å²) in [5, 5.41) is 3.26. The summed E-state index contributed by atoms with van der Waals surface area (Å²) >= 11 is 3.55. The monoisotopic (exact) mass is 743 g/mol. The standard InChI is InChI=1S/C40H46BrN3O4S/c1-29(2)33-19-21-36(22-20-33)44(49(47,48)37-23-17-30(3)18-24-37)28-39(45)43(27-32-13-10-14-34(41)25-32)38(26-31-11-6-4-7-12-31)40(46)42-35-15-8-5-9-16-35/h4,6-7,10-14,17-25,29,35,38H,5,8-9,15-16,26-28H2,1-3H3,(H,42,46)/t38-/m1/s1. The van der Waals surface area contributed by atoms with Gasteiger partial charge in [0.25, 0.3) is 10.0 Å². The molecule has 0 heterocycles.